The third-order valence-electron chi connectivity index (χ3n) is 3.54. The van der Waals surface area contributed by atoms with Crippen LogP contribution in [0.2, 0.25) is 0 Å². The van der Waals surface area contributed by atoms with Crippen LogP contribution < -0.4 is 9.64 Å². The molecule has 1 heterocycles. The molecule has 0 unspecified atom stereocenters. The minimum atomic E-state index is -0.403. The minimum absolute atomic E-state index is 0.0258. The lowest BCUT2D eigenvalue weighted by molar-refractivity contribution is -0.385. The van der Waals surface area contributed by atoms with Gasteiger partial charge >= 0.3 is 5.69 Å². The molecule has 0 radical (unpaired) electrons. The number of hydrogen-bond donors (Lipinski definition) is 2. The molecule has 0 amide bonds. The number of piperazine rings is 1. The fraction of sp³-hybridized carbons (Fsp3) is 0.600. The highest BCUT2D eigenvalue weighted by molar-refractivity contribution is 8.59. The number of likely N-dealkylation sites (N-methyl/N-ethyl adjacent to an activating group) is 1. The molecular weight excluding hydrogens is 334 g/mol. The monoisotopic (exact) mass is 361 g/mol. The van der Waals surface area contributed by atoms with Crippen molar-refractivity contribution in [3.05, 3.63) is 27.8 Å². The first-order chi connectivity index (χ1) is 11.0. The molecule has 1 aliphatic heterocycles. The van der Waals surface area contributed by atoms with Crippen LogP contribution in [0.3, 0.4) is 0 Å². The van der Waals surface area contributed by atoms with E-state index in [0.717, 1.165) is 37.4 Å². The smallest absolute Gasteiger partial charge is 0.311 e. The van der Waals surface area contributed by atoms with Crippen molar-refractivity contribution in [1.82, 2.24) is 4.90 Å². The van der Waals surface area contributed by atoms with Gasteiger partial charge in [0.1, 0.15) is 0 Å². The van der Waals surface area contributed by atoms with Crippen LogP contribution in [0.1, 0.15) is 19.4 Å². The SMILES string of the molecule is CC.COc1cc(N2CCN(C)CC2)c(C)cc1[N+](=O)[O-].SS. The van der Waals surface area contributed by atoms with E-state index in [4.69, 9.17) is 4.74 Å². The highest BCUT2D eigenvalue weighted by Gasteiger charge is 2.22. The average Bonchev–Trinajstić information content (AvgIpc) is 2.59. The van der Waals surface area contributed by atoms with Crippen molar-refractivity contribution >= 4 is 34.7 Å². The summed E-state index contributed by atoms with van der Waals surface area (Å²) in [4.78, 5) is 15.1. The van der Waals surface area contributed by atoms with Gasteiger partial charge in [0.05, 0.1) is 12.0 Å². The van der Waals surface area contributed by atoms with Crippen molar-refractivity contribution in [1.29, 1.82) is 0 Å². The Bertz CT molecular complexity index is 493. The van der Waals surface area contributed by atoms with Crippen LogP contribution in [-0.2, 0) is 0 Å². The first kappa shape index (κ1) is 21.9. The summed E-state index contributed by atoms with van der Waals surface area (Å²) >= 11 is 6.44. The molecule has 1 aliphatic rings. The fourth-order valence-corrected chi connectivity index (χ4v) is 2.36. The van der Waals surface area contributed by atoms with Gasteiger partial charge < -0.3 is 14.5 Å². The number of rotatable bonds is 3. The van der Waals surface area contributed by atoms with Crippen LogP contribution in [0.25, 0.3) is 0 Å². The molecule has 0 bridgehead atoms. The van der Waals surface area contributed by atoms with Gasteiger partial charge in [-0.1, -0.05) is 13.8 Å². The Balaban J connectivity index is 0.00000112. The molecule has 2 rings (SSSR count). The summed E-state index contributed by atoms with van der Waals surface area (Å²) in [5, 5.41) is 11.0. The van der Waals surface area contributed by atoms with Crippen LogP contribution >= 0.6 is 23.3 Å². The van der Waals surface area contributed by atoms with Gasteiger partial charge in [0.2, 0.25) is 0 Å². The van der Waals surface area contributed by atoms with Gasteiger partial charge in [-0.25, -0.2) is 0 Å². The fourth-order valence-electron chi connectivity index (χ4n) is 2.36. The van der Waals surface area contributed by atoms with E-state index in [1.54, 1.807) is 12.1 Å². The average molecular weight is 362 g/mol. The van der Waals surface area contributed by atoms with Gasteiger partial charge in [0.15, 0.2) is 5.75 Å². The number of nitrogens with zero attached hydrogens (tertiary/aromatic N) is 3. The Morgan fingerprint density at radius 2 is 1.70 bits per heavy atom. The van der Waals surface area contributed by atoms with Crippen molar-refractivity contribution < 1.29 is 9.66 Å². The molecule has 1 fully saturated rings. The molecule has 8 heteroatoms. The van der Waals surface area contributed by atoms with E-state index in [1.807, 2.05) is 20.8 Å². The summed E-state index contributed by atoms with van der Waals surface area (Å²) < 4.78 is 5.14. The van der Waals surface area contributed by atoms with Crippen LogP contribution in [0.4, 0.5) is 11.4 Å². The summed E-state index contributed by atoms with van der Waals surface area (Å²) in [6.07, 6.45) is 0. The molecule has 1 saturated heterocycles. The van der Waals surface area contributed by atoms with Crippen molar-refractivity contribution in [3.63, 3.8) is 0 Å². The van der Waals surface area contributed by atoms with Crippen molar-refractivity contribution in [2.45, 2.75) is 20.8 Å². The third-order valence-corrected chi connectivity index (χ3v) is 3.54. The van der Waals surface area contributed by atoms with E-state index in [-0.39, 0.29) is 5.69 Å². The van der Waals surface area contributed by atoms with E-state index < -0.39 is 4.92 Å². The number of nitro benzene ring substituents is 1. The van der Waals surface area contributed by atoms with Gasteiger partial charge in [-0.05, 0) is 19.5 Å². The van der Waals surface area contributed by atoms with Crippen molar-refractivity contribution in [3.8, 4) is 5.75 Å². The Morgan fingerprint density at radius 3 is 2.13 bits per heavy atom. The van der Waals surface area contributed by atoms with Crippen molar-refractivity contribution in [2.24, 2.45) is 0 Å². The number of benzene rings is 1. The Morgan fingerprint density at radius 1 is 1.17 bits per heavy atom. The second kappa shape index (κ2) is 11.4. The number of methoxy groups -OCH3 is 1. The topological polar surface area (TPSA) is 58.8 Å². The number of nitro groups is 1. The normalized spacial score (nSPS) is 14.1. The molecule has 0 spiro atoms. The van der Waals surface area contributed by atoms with E-state index in [9.17, 15) is 10.1 Å². The van der Waals surface area contributed by atoms with Crippen LogP contribution in [0.5, 0.6) is 5.75 Å². The molecule has 132 valence electrons. The zero-order valence-electron chi connectivity index (χ0n) is 14.4. The molecule has 1 aromatic rings. The quantitative estimate of drug-likeness (QED) is 0.374. The molecule has 1 aromatic carbocycles. The minimum Gasteiger partial charge on any atom is -0.490 e. The molecule has 0 atom stereocenters. The lowest BCUT2D eigenvalue weighted by atomic mass is 10.1. The van der Waals surface area contributed by atoms with Gasteiger partial charge in [0, 0.05) is 44.0 Å². The third kappa shape index (κ3) is 6.12. The first-order valence-electron chi connectivity index (χ1n) is 7.49. The molecule has 23 heavy (non-hydrogen) atoms. The lowest BCUT2D eigenvalue weighted by Gasteiger charge is -2.35. The molecule has 0 aliphatic carbocycles. The Hall–Kier alpha value is -1.12. The van der Waals surface area contributed by atoms with Crippen molar-refractivity contribution in [2.75, 3.05) is 45.2 Å². The second-order valence-corrected chi connectivity index (χ2v) is 4.86. The number of anilines is 1. The maximum atomic E-state index is 11.0. The molecule has 0 N–H and O–H groups in total. The van der Waals surface area contributed by atoms with Crippen LogP contribution in [0, 0.1) is 17.0 Å². The maximum absolute atomic E-state index is 11.0. The maximum Gasteiger partial charge on any atom is 0.311 e. The lowest BCUT2D eigenvalue weighted by Crippen LogP contribution is -2.44. The van der Waals surface area contributed by atoms with Gasteiger partial charge in [-0.3, -0.25) is 10.1 Å². The van der Waals surface area contributed by atoms with Crippen LogP contribution in [0.15, 0.2) is 12.1 Å². The van der Waals surface area contributed by atoms with E-state index >= 15 is 0 Å². The van der Waals surface area contributed by atoms with E-state index in [1.165, 1.54) is 7.11 Å². The zero-order chi connectivity index (χ0) is 18.0. The van der Waals surface area contributed by atoms with E-state index in [0.29, 0.717) is 5.75 Å². The van der Waals surface area contributed by atoms with Gasteiger partial charge in [-0.15, -0.1) is 23.3 Å². The first-order valence-corrected chi connectivity index (χ1v) is 9.09. The summed E-state index contributed by atoms with van der Waals surface area (Å²) in [7, 11) is 3.56. The summed E-state index contributed by atoms with van der Waals surface area (Å²) in [5.41, 5.74) is 1.96. The molecule has 0 aromatic heterocycles. The standard InChI is InChI=1S/C13H19N3O3.C2H6.H2S2/c1-10-8-12(16(17)18)13(19-3)9-11(10)15-6-4-14(2)5-7-15;2*1-2/h8-9H,4-7H2,1-3H3;1-2H3;1-2H. The summed E-state index contributed by atoms with van der Waals surface area (Å²) in [6.45, 7) is 9.76. The molecular formula is C15H27N3O3S2. The summed E-state index contributed by atoms with van der Waals surface area (Å²) in [6, 6.07) is 3.37. The molecule has 0 saturated carbocycles. The Labute approximate surface area is 149 Å². The molecule has 6 nitrogen and oxygen atoms in total. The van der Waals surface area contributed by atoms with Gasteiger partial charge in [0.25, 0.3) is 0 Å². The zero-order valence-corrected chi connectivity index (χ0v) is 16.2. The van der Waals surface area contributed by atoms with Crippen LogP contribution in [-0.4, -0.2) is 50.2 Å². The number of hydrogen-bond acceptors (Lipinski definition) is 7. The van der Waals surface area contributed by atoms with E-state index in [2.05, 4.69) is 40.2 Å². The number of aryl methyl sites for hydroxylation is 1. The second-order valence-electron chi connectivity index (χ2n) is 4.86. The highest BCUT2D eigenvalue weighted by Crippen LogP contribution is 2.34. The predicted octanol–water partition coefficient (Wildman–Crippen LogP) is 3.45. The largest absolute Gasteiger partial charge is 0.490 e. The summed E-state index contributed by atoms with van der Waals surface area (Å²) in [5.74, 6) is 0.324. The van der Waals surface area contributed by atoms with Gasteiger partial charge in [-0.2, -0.15) is 0 Å². The predicted molar refractivity (Wildman–Crippen MR) is 103 cm³/mol. The Kier molecular flexibility index (Phi) is 10.9. The highest BCUT2D eigenvalue weighted by atomic mass is 33.1. The number of thiol groups is 2. The number of ether oxygens (including phenoxy) is 1.